The molecule has 7 nitrogen and oxygen atoms in total. The zero-order valence-corrected chi connectivity index (χ0v) is 13.8. The second-order valence-corrected chi connectivity index (χ2v) is 7.61. The Morgan fingerprint density at radius 3 is 2.43 bits per heavy atom. The minimum Gasteiger partial charge on any atom is -0.478 e. The van der Waals surface area contributed by atoms with E-state index < -0.39 is 27.3 Å². The number of hydrogen-bond donors (Lipinski definition) is 3. The predicted molar refractivity (Wildman–Crippen MR) is 79.3 cm³/mol. The van der Waals surface area contributed by atoms with Crippen LogP contribution in [0.4, 0.5) is 0 Å². The molecule has 0 aliphatic heterocycles. The van der Waals surface area contributed by atoms with E-state index in [4.69, 9.17) is 10.8 Å². The van der Waals surface area contributed by atoms with Gasteiger partial charge in [0.1, 0.15) is 0 Å². The molecule has 116 valence electrons. The van der Waals surface area contributed by atoms with Gasteiger partial charge in [0.05, 0.1) is 15.9 Å². The fraction of sp³-hybridized carbons (Fsp3) is 0.333. The van der Waals surface area contributed by atoms with Crippen molar-refractivity contribution in [3.05, 3.63) is 28.2 Å². The van der Waals surface area contributed by atoms with E-state index in [-0.39, 0.29) is 21.5 Å². The van der Waals surface area contributed by atoms with Crippen molar-refractivity contribution in [2.45, 2.75) is 18.7 Å². The molecular weight excluding hydrogens is 364 g/mol. The van der Waals surface area contributed by atoms with Crippen LogP contribution in [0, 0.1) is 5.41 Å². The van der Waals surface area contributed by atoms with Gasteiger partial charge in [0.2, 0.25) is 15.9 Å². The summed E-state index contributed by atoms with van der Waals surface area (Å²) >= 11 is 3.06. The van der Waals surface area contributed by atoms with Gasteiger partial charge in [-0.3, -0.25) is 4.79 Å². The summed E-state index contributed by atoms with van der Waals surface area (Å²) in [6.45, 7) is 2.80. The summed E-state index contributed by atoms with van der Waals surface area (Å²) in [7, 11) is -3.98. The van der Waals surface area contributed by atoms with Gasteiger partial charge in [0.25, 0.3) is 0 Å². The first-order valence-electron chi connectivity index (χ1n) is 5.80. The predicted octanol–water partition coefficient (Wildman–Crippen LogP) is 0.937. The van der Waals surface area contributed by atoms with Crippen molar-refractivity contribution in [3.8, 4) is 0 Å². The monoisotopic (exact) mass is 378 g/mol. The van der Waals surface area contributed by atoms with Crippen molar-refractivity contribution in [1.29, 1.82) is 0 Å². The zero-order valence-electron chi connectivity index (χ0n) is 11.4. The summed E-state index contributed by atoms with van der Waals surface area (Å²) < 4.78 is 26.9. The van der Waals surface area contributed by atoms with Crippen LogP contribution in [-0.2, 0) is 14.8 Å². The number of nitrogens with one attached hydrogen (secondary N) is 1. The molecule has 9 heteroatoms. The van der Waals surface area contributed by atoms with Gasteiger partial charge in [0.15, 0.2) is 0 Å². The van der Waals surface area contributed by atoms with Crippen LogP contribution in [0.15, 0.2) is 27.6 Å². The first-order chi connectivity index (χ1) is 9.47. The largest absolute Gasteiger partial charge is 0.478 e. The number of amides is 1. The van der Waals surface area contributed by atoms with Gasteiger partial charge in [-0.2, -0.15) is 0 Å². The normalized spacial score (nSPS) is 12.1. The Hall–Kier alpha value is -1.45. The fourth-order valence-electron chi connectivity index (χ4n) is 1.28. The van der Waals surface area contributed by atoms with E-state index in [2.05, 4.69) is 20.7 Å². The molecule has 0 aromatic heterocycles. The maximum absolute atomic E-state index is 12.2. The molecule has 0 fully saturated rings. The number of carboxylic acid groups (broad SMARTS) is 1. The molecule has 0 bridgehead atoms. The van der Waals surface area contributed by atoms with Gasteiger partial charge in [0, 0.05) is 11.0 Å². The Morgan fingerprint density at radius 2 is 1.95 bits per heavy atom. The van der Waals surface area contributed by atoms with Crippen LogP contribution in [0.5, 0.6) is 0 Å². The quantitative estimate of drug-likeness (QED) is 0.678. The number of rotatable bonds is 6. The van der Waals surface area contributed by atoms with Gasteiger partial charge in [-0.05, 0) is 48.0 Å². The molecule has 4 N–H and O–H groups in total. The van der Waals surface area contributed by atoms with Crippen molar-refractivity contribution >= 4 is 37.8 Å². The molecule has 1 aromatic carbocycles. The lowest BCUT2D eigenvalue weighted by atomic mass is 9.93. The molecule has 0 atom stereocenters. The molecule has 21 heavy (non-hydrogen) atoms. The van der Waals surface area contributed by atoms with Gasteiger partial charge >= 0.3 is 5.97 Å². The third-order valence-electron chi connectivity index (χ3n) is 2.84. The Kier molecular flexibility index (Phi) is 5.13. The molecule has 1 rings (SSSR count). The molecule has 1 aromatic rings. The molecule has 0 saturated heterocycles. The highest BCUT2D eigenvalue weighted by Crippen LogP contribution is 2.24. The highest BCUT2D eigenvalue weighted by Gasteiger charge is 2.28. The molecule has 0 saturated carbocycles. The van der Waals surface area contributed by atoms with E-state index in [1.165, 1.54) is 26.0 Å². The number of benzene rings is 1. The molecular formula is C12H15BrN2O5S. The average molecular weight is 379 g/mol. The summed E-state index contributed by atoms with van der Waals surface area (Å²) in [5, 5.41) is 8.91. The third kappa shape index (κ3) is 4.26. The summed E-state index contributed by atoms with van der Waals surface area (Å²) in [6.07, 6.45) is 0. The van der Waals surface area contributed by atoms with Gasteiger partial charge in [-0.25, -0.2) is 17.9 Å². The molecule has 0 radical (unpaired) electrons. The Morgan fingerprint density at radius 1 is 1.38 bits per heavy atom. The van der Waals surface area contributed by atoms with Crippen LogP contribution in [0.3, 0.4) is 0 Å². The van der Waals surface area contributed by atoms with Gasteiger partial charge < -0.3 is 10.8 Å². The number of sulfonamides is 1. The SMILES string of the molecule is CC(C)(CNS(=O)(=O)c1cc(C(=O)O)ccc1Br)C(N)=O. The van der Waals surface area contributed by atoms with E-state index >= 15 is 0 Å². The van der Waals surface area contributed by atoms with Crippen LogP contribution >= 0.6 is 15.9 Å². The van der Waals surface area contributed by atoms with E-state index in [1.54, 1.807) is 0 Å². The lowest BCUT2D eigenvalue weighted by Crippen LogP contribution is -2.42. The topological polar surface area (TPSA) is 127 Å². The number of carboxylic acids is 1. The summed E-state index contributed by atoms with van der Waals surface area (Å²) in [5.74, 6) is -1.89. The highest BCUT2D eigenvalue weighted by atomic mass is 79.9. The van der Waals surface area contributed by atoms with Crippen LogP contribution in [0.2, 0.25) is 0 Å². The number of hydrogen-bond acceptors (Lipinski definition) is 4. The van der Waals surface area contributed by atoms with Crippen LogP contribution < -0.4 is 10.5 Å². The molecule has 0 spiro atoms. The number of aromatic carboxylic acids is 1. The molecule has 0 aliphatic carbocycles. The van der Waals surface area contributed by atoms with E-state index in [0.717, 1.165) is 6.07 Å². The Balaban J connectivity index is 3.11. The maximum atomic E-state index is 12.2. The number of nitrogens with two attached hydrogens (primary N) is 1. The fourth-order valence-corrected chi connectivity index (χ4v) is 3.48. The average Bonchev–Trinajstić information content (AvgIpc) is 2.36. The van der Waals surface area contributed by atoms with E-state index in [0.29, 0.717) is 0 Å². The second kappa shape index (κ2) is 6.12. The number of halogens is 1. The summed E-state index contributed by atoms with van der Waals surface area (Å²) in [6, 6.07) is 3.64. The minimum absolute atomic E-state index is 0.160. The molecule has 0 aliphatic rings. The lowest BCUT2D eigenvalue weighted by Gasteiger charge is -2.21. The van der Waals surface area contributed by atoms with Crippen molar-refractivity contribution in [2.24, 2.45) is 11.1 Å². The minimum atomic E-state index is -3.98. The number of carbonyl (C=O) groups excluding carboxylic acids is 1. The smallest absolute Gasteiger partial charge is 0.335 e. The lowest BCUT2D eigenvalue weighted by molar-refractivity contribution is -0.125. The van der Waals surface area contributed by atoms with Gasteiger partial charge in [-0.1, -0.05) is 0 Å². The first kappa shape index (κ1) is 17.6. The highest BCUT2D eigenvalue weighted by molar-refractivity contribution is 9.10. The summed E-state index contributed by atoms with van der Waals surface area (Å²) in [5.41, 5.74) is 3.95. The zero-order chi connectivity index (χ0) is 16.4. The molecule has 0 heterocycles. The Labute approximate surface area is 130 Å². The van der Waals surface area contributed by atoms with Crippen LogP contribution in [0.25, 0.3) is 0 Å². The van der Waals surface area contributed by atoms with Crippen molar-refractivity contribution < 1.29 is 23.1 Å². The Bertz CT molecular complexity index is 685. The van der Waals surface area contributed by atoms with Crippen LogP contribution in [-0.4, -0.2) is 31.9 Å². The number of carbonyl (C=O) groups is 2. The van der Waals surface area contributed by atoms with E-state index in [9.17, 15) is 18.0 Å². The standard InChI is InChI=1S/C12H15BrN2O5S/c1-12(2,11(14)18)6-15-21(19,20)9-5-7(10(16)17)3-4-8(9)13/h3-5,15H,6H2,1-2H3,(H2,14,18)(H,16,17). The first-order valence-corrected chi connectivity index (χ1v) is 8.07. The maximum Gasteiger partial charge on any atom is 0.335 e. The van der Waals surface area contributed by atoms with Gasteiger partial charge in [-0.15, -0.1) is 0 Å². The van der Waals surface area contributed by atoms with Crippen molar-refractivity contribution in [3.63, 3.8) is 0 Å². The molecule has 0 unspecified atom stereocenters. The summed E-state index contributed by atoms with van der Waals surface area (Å²) in [4.78, 5) is 21.9. The van der Waals surface area contributed by atoms with E-state index in [1.807, 2.05) is 0 Å². The second-order valence-electron chi connectivity index (χ2n) is 5.02. The molecule has 1 amide bonds. The number of primary amides is 1. The van der Waals surface area contributed by atoms with Crippen LogP contribution in [0.1, 0.15) is 24.2 Å². The van der Waals surface area contributed by atoms with Crippen molar-refractivity contribution in [2.75, 3.05) is 6.54 Å². The third-order valence-corrected chi connectivity index (χ3v) is 5.23. The van der Waals surface area contributed by atoms with Crippen molar-refractivity contribution in [1.82, 2.24) is 4.72 Å².